The van der Waals surface area contributed by atoms with Gasteiger partial charge in [-0.25, -0.2) is 0 Å². The molecule has 3 amide bonds. The van der Waals surface area contributed by atoms with Gasteiger partial charge in [0.25, 0.3) is 0 Å². The molecule has 0 radical (unpaired) electrons. The Kier molecular flexibility index (Phi) is 5.64. The van der Waals surface area contributed by atoms with Crippen LogP contribution in [0.3, 0.4) is 0 Å². The minimum atomic E-state index is -0.796. The number of hydrogen-bond donors (Lipinski definition) is 1. The summed E-state index contributed by atoms with van der Waals surface area (Å²) in [6, 6.07) is 12.2. The standard InChI is InChI=1S/C23H27N3O3S/c1-25-14-17(12-20(25)27)21(28)26-10-5-9-23(15-26,22(24)29)13-16-6-2-3-7-18(16)19-8-4-11-30-19/h2-4,6-8,11,17H,5,9-10,12-15H2,1H3,(H2,24,29)/t17-,23-/m1/s1. The molecular formula is C23H27N3O3S. The van der Waals surface area contributed by atoms with Crippen LogP contribution in [0.1, 0.15) is 24.8 Å². The minimum Gasteiger partial charge on any atom is -0.369 e. The molecule has 1 aromatic heterocycles. The number of rotatable bonds is 5. The third kappa shape index (κ3) is 3.86. The van der Waals surface area contributed by atoms with Crippen LogP contribution in [0.15, 0.2) is 41.8 Å². The molecule has 2 aliphatic rings. The van der Waals surface area contributed by atoms with Gasteiger partial charge in [0.2, 0.25) is 17.7 Å². The molecule has 0 saturated carbocycles. The number of likely N-dealkylation sites (tertiary alicyclic amines) is 2. The van der Waals surface area contributed by atoms with Crippen LogP contribution in [0.5, 0.6) is 0 Å². The predicted molar refractivity (Wildman–Crippen MR) is 117 cm³/mol. The number of piperidine rings is 1. The number of carbonyl (C=O) groups is 3. The number of thiophene rings is 1. The molecule has 2 aliphatic heterocycles. The van der Waals surface area contributed by atoms with Crippen molar-refractivity contribution in [2.24, 2.45) is 17.1 Å². The van der Waals surface area contributed by atoms with Crippen LogP contribution in [0.25, 0.3) is 10.4 Å². The number of nitrogens with zero attached hydrogens (tertiary/aromatic N) is 2. The van der Waals surface area contributed by atoms with E-state index in [0.717, 1.165) is 22.4 Å². The van der Waals surface area contributed by atoms with Gasteiger partial charge in [-0.2, -0.15) is 0 Å². The van der Waals surface area contributed by atoms with Gasteiger partial charge >= 0.3 is 0 Å². The lowest BCUT2D eigenvalue weighted by atomic mass is 9.73. The smallest absolute Gasteiger partial charge is 0.228 e. The summed E-state index contributed by atoms with van der Waals surface area (Å²) in [5.41, 5.74) is 7.33. The monoisotopic (exact) mass is 425 g/mol. The summed E-state index contributed by atoms with van der Waals surface area (Å²) >= 11 is 1.66. The van der Waals surface area contributed by atoms with Crippen LogP contribution in [0.4, 0.5) is 0 Å². The number of amides is 3. The van der Waals surface area contributed by atoms with Crippen LogP contribution in [0.2, 0.25) is 0 Å². The Hall–Kier alpha value is -2.67. The fraction of sp³-hybridized carbons (Fsp3) is 0.435. The number of hydrogen-bond acceptors (Lipinski definition) is 4. The third-order valence-corrected chi connectivity index (χ3v) is 7.34. The van der Waals surface area contributed by atoms with Gasteiger partial charge in [-0.15, -0.1) is 11.3 Å². The summed E-state index contributed by atoms with van der Waals surface area (Å²) in [5, 5.41) is 2.04. The Morgan fingerprint density at radius 3 is 2.70 bits per heavy atom. The quantitative estimate of drug-likeness (QED) is 0.799. The molecular weight excluding hydrogens is 398 g/mol. The van der Waals surface area contributed by atoms with E-state index in [2.05, 4.69) is 12.1 Å². The van der Waals surface area contributed by atoms with Crippen molar-refractivity contribution in [2.75, 3.05) is 26.7 Å². The summed E-state index contributed by atoms with van der Waals surface area (Å²) in [4.78, 5) is 42.2. The highest BCUT2D eigenvalue weighted by Crippen LogP contribution is 2.38. The summed E-state index contributed by atoms with van der Waals surface area (Å²) in [6.07, 6.45) is 2.14. The van der Waals surface area contributed by atoms with E-state index >= 15 is 0 Å². The molecule has 158 valence electrons. The lowest BCUT2D eigenvalue weighted by Crippen LogP contribution is -2.54. The Balaban J connectivity index is 1.59. The van der Waals surface area contributed by atoms with E-state index in [1.165, 1.54) is 0 Å². The van der Waals surface area contributed by atoms with Gasteiger partial charge in [0.05, 0.1) is 11.3 Å². The van der Waals surface area contributed by atoms with Crippen LogP contribution < -0.4 is 5.73 Å². The first kappa shape index (κ1) is 20.6. The van der Waals surface area contributed by atoms with Gasteiger partial charge in [0, 0.05) is 38.0 Å². The molecule has 0 unspecified atom stereocenters. The van der Waals surface area contributed by atoms with E-state index in [4.69, 9.17) is 5.73 Å². The Morgan fingerprint density at radius 2 is 2.03 bits per heavy atom. The van der Waals surface area contributed by atoms with Crippen molar-refractivity contribution in [3.8, 4) is 10.4 Å². The first-order valence-electron chi connectivity index (χ1n) is 10.3. The molecule has 6 nitrogen and oxygen atoms in total. The van der Waals surface area contributed by atoms with Gasteiger partial charge < -0.3 is 15.5 Å². The maximum atomic E-state index is 13.1. The minimum absolute atomic E-state index is 0.00333. The van der Waals surface area contributed by atoms with Crippen molar-refractivity contribution in [1.29, 1.82) is 0 Å². The molecule has 30 heavy (non-hydrogen) atoms. The highest BCUT2D eigenvalue weighted by Gasteiger charge is 2.44. The zero-order valence-corrected chi connectivity index (χ0v) is 18.0. The molecule has 2 atom stereocenters. The molecule has 0 bridgehead atoms. The zero-order chi connectivity index (χ0) is 21.3. The molecule has 0 aliphatic carbocycles. The Morgan fingerprint density at radius 1 is 1.23 bits per heavy atom. The lowest BCUT2D eigenvalue weighted by Gasteiger charge is -2.42. The van der Waals surface area contributed by atoms with Crippen molar-refractivity contribution in [3.05, 3.63) is 47.3 Å². The predicted octanol–water partition coefficient (Wildman–Crippen LogP) is 2.53. The first-order chi connectivity index (χ1) is 14.4. The molecule has 2 N–H and O–H groups in total. The Bertz CT molecular complexity index is 958. The van der Waals surface area contributed by atoms with E-state index < -0.39 is 5.41 Å². The summed E-state index contributed by atoms with van der Waals surface area (Å²) < 4.78 is 0. The topological polar surface area (TPSA) is 83.7 Å². The van der Waals surface area contributed by atoms with Crippen molar-refractivity contribution < 1.29 is 14.4 Å². The highest BCUT2D eigenvalue weighted by molar-refractivity contribution is 7.13. The van der Waals surface area contributed by atoms with Crippen molar-refractivity contribution in [1.82, 2.24) is 9.80 Å². The summed E-state index contributed by atoms with van der Waals surface area (Å²) in [6.45, 7) is 1.36. The number of primary amides is 1. The highest BCUT2D eigenvalue weighted by atomic mass is 32.1. The second-order valence-corrected chi connectivity index (χ2v) is 9.44. The fourth-order valence-corrected chi connectivity index (χ4v) is 5.54. The molecule has 4 rings (SSSR count). The average Bonchev–Trinajstić information content (AvgIpc) is 3.38. The van der Waals surface area contributed by atoms with Crippen LogP contribution in [0, 0.1) is 11.3 Å². The van der Waals surface area contributed by atoms with Crippen molar-refractivity contribution in [3.63, 3.8) is 0 Å². The Labute approximate surface area is 180 Å². The number of nitrogens with two attached hydrogens (primary N) is 1. The summed E-state index contributed by atoms with van der Waals surface area (Å²) in [7, 11) is 1.72. The van der Waals surface area contributed by atoms with Gasteiger partial charge in [0.15, 0.2) is 0 Å². The second kappa shape index (κ2) is 8.22. The third-order valence-electron chi connectivity index (χ3n) is 6.43. The molecule has 2 fully saturated rings. The second-order valence-electron chi connectivity index (χ2n) is 8.49. The average molecular weight is 426 g/mol. The van der Waals surface area contributed by atoms with Gasteiger partial charge in [-0.3, -0.25) is 14.4 Å². The fourth-order valence-electron chi connectivity index (χ4n) is 4.75. The summed E-state index contributed by atoms with van der Waals surface area (Å²) in [5.74, 6) is -0.730. The molecule has 2 aromatic rings. The largest absolute Gasteiger partial charge is 0.369 e. The van der Waals surface area contributed by atoms with Crippen LogP contribution in [-0.4, -0.2) is 54.2 Å². The van der Waals surface area contributed by atoms with E-state index in [1.54, 1.807) is 28.2 Å². The van der Waals surface area contributed by atoms with Crippen LogP contribution in [-0.2, 0) is 20.8 Å². The molecule has 0 spiro atoms. The van der Waals surface area contributed by atoms with Crippen molar-refractivity contribution >= 4 is 29.1 Å². The molecule has 2 saturated heterocycles. The SMILES string of the molecule is CN1C[C@H](C(=O)N2CCC[C@](Cc3ccccc3-c3cccs3)(C(N)=O)C2)CC1=O. The van der Waals surface area contributed by atoms with Gasteiger partial charge in [-0.05, 0) is 41.8 Å². The lowest BCUT2D eigenvalue weighted by molar-refractivity contribution is -0.143. The normalized spacial score (nSPS) is 24.3. The van der Waals surface area contributed by atoms with Crippen molar-refractivity contribution in [2.45, 2.75) is 25.7 Å². The maximum Gasteiger partial charge on any atom is 0.228 e. The first-order valence-corrected chi connectivity index (χ1v) is 11.2. The van der Waals surface area contributed by atoms with E-state index in [9.17, 15) is 14.4 Å². The molecule has 3 heterocycles. The van der Waals surface area contributed by atoms with Crippen LogP contribution >= 0.6 is 11.3 Å². The maximum absolute atomic E-state index is 13.1. The zero-order valence-electron chi connectivity index (χ0n) is 17.2. The van der Waals surface area contributed by atoms with E-state index in [-0.39, 0.29) is 30.1 Å². The van der Waals surface area contributed by atoms with E-state index in [0.29, 0.717) is 32.5 Å². The molecule has 1 aromatic carbocycles. The molecule has 7 heteroatoms. The van der Waals surface area contributed by atoms with Gasteiger partial charge in [0.1, 0.15) is 0 Å². The number of carbonyl (C=O) groups excluding carboxylic acids is 3. The van der Waals surface area contributed by atoms with Gasteiger partial charge in [-0.1, -0.05) is 30.3 Å². The number of benzene rings is 1. The van der Waals surface area contributed by atoms with E-state index in [1.807, 2.05) is 29.6 Å².